The molecular formula is C36H51N5O3Si. The number of hydrogen-bond donors (Lipinski definition) is 1. The van der Waals surface area contributed by atoms with Crippen LogP contribution in [0.1, 0.15) is 120 Å². The Hall–Kier alpha value is -3.22. The molecule has 2 atom stereocenters. The zero-order valence-corrected chi connectivity index (χ0v) is 29.2. The maximum atomic E-state index is 14.2. The average Bonchev–Trinajstić information content (AvgIpc) is 3.67. The first-order valence-electron chi connectivity index (χ1n) is 17.1. The summed E-state index contributed by atoms with van der Waals surface area (Å²) in [6, 6.07) is 12.4. The van der Waals surface area contributed by atoms with Crippen molar-refractivity contribution < 1.29 is 9.22 Å². The van der Waals surface area contributed by atoms with Crippen LogP contribution >= 0.6 is 0 Å². The van der Waals surface area contributed by atoms with E-state index in [-0.39, 0.29) is 23.3 Å². The number of nitriles is 1. The van der Waals surface area contributed by atoms with Gasteiger partial charge < -0.3 is 14.3 Å². The Morgan fingerprint density at radius 3 is 2.24 bits per heavy atom. The summed E-state index contributed by atoms with van der Waals surface area (Å²) in [6.07, 6.45) is 6.98. The number of benzene rings is 1. The van der Waals surface area contributed by atoms with Gasteiger partial charge in [-0.15, -0.1) is 0 Å². The highest BCUT2D eigenvalue weighted by Gasteiger charge is 2.45. The first-order valence-corrected chi connectivity index (χ1v) is 19.2. The molecule has 2 aromatic heterocycles. The Morgan fingerprint density at radius 2 is 1.67 bits per heavy atom. The van der Waals surface area contributed by atoms with E-state index in [4.69, 9.17) is 9.52 Å². The standard InChI is InChI=1S/C36H51N5O3Si/c1-23(2)45(24(3)4,25(5)6)44-22-26(7)34-33(36(43)40-18-17-27(20-37)21-40)35-38-31(19-32(42)41(35)39-34)30-15-13-29(14-16-30)28-11-9-8-10-12-28/h13-16,19,23-28,38H,8-12,17-18,21-22H2,1-7H3/t26?,27-/m0/s1. The summed E-state index contributed by atoms with van der Waals surface area (Å²) in [5.41, 5.74) is 5.29. The molecule has 2 fully saturated rings. The minimum atomic E-state index is -2.16. The number of nitrogens with zero attached hydrogens (tertiary/aromatic N) is 4. The quantitative estimate of drug-likeness (QED) is 0.229. The molecule has 1 aromatic carbocycles. The highest BCUT2D eigenvalue weighted by atomic mass is 28.4. The lowest BCUT2D eigenvalue weighted by Crippen LogP contribution is -2.48. The van der Waals surface area contributed by atoms with Gasteiger partial charge in [0.2, 0.25) is 0 Å². The topological polar surface area (TPSA) is 103 Å². The SMILES string of the molecule is CC(CO[Si](C(C)C)(C(C)C)C(C)C)c1nn2c(=O)cc(-c3ccc(C4CCCCC4)cc3)[nH]c2c1C(=O)N1CC[C@@H](C#N)C1. The molecule has 9 heteroatoms. The number of H-pyrrole nitrogens is 1. The molecule has 1 saturated heterocycles. The molecule has 0 spiro atoms. The van der Waals surface area contributed by atoms with E-state index in [0.29, 0.717) is 71.3 Å². The summed E-state index contributed by atoms with van der Waals surface area (Å²) in [4.78, 5) is 33.0. The van der Waals surface area contributed by atoms with Gasteiger partial charge in [-0.1, -0.05) is 92.0 Å². The van der Waals surface area contributed by atoms with Crippen LogP contribution in [-0.2, 0) is 4.43 Å². The highest BCUT2D eigenvalue weighted by molar-refractivity contribution is 6.77. The smallest absolute Gasteiger partial charge is 0.274 e. The zero-order valence-electron chi connectivity index (χ0n) is 28.2. The fraction of sp³-hybridized carbons (Fsp3) is 0.611. The Balaban J connectivity index is 1.55. The first-order chi connectivity index (χ1) is 21.5. The van der Waals surface area contributed by atoms with Crippen LogP contribution in [0.2, 0.25) is 16.6 Å². The molecule has 1 N–H and O–H groups in total. The van der Waals surface area contributed by atoms with E-state index in [1.54, 1.807) is 11.0 Å². The maximum Gasteiger partial charge on any atom is 0.274 e. The Morgan fingerprint density at radius 1 is 1.02 bits per heavy atom. The van der Waals surface area contributed by atoms with E-state index in [1.165, 1.54) is 42.2 Å². The third kappa shape index (κ3) is 6.41. The third-order valence-electron chi connectivity index (χ3n) is 10.6. The van der Waals surface area contributed by atoms with Crippen molar-refractivity contribution in [2.75, 3.05) is 19.7 Å². The van der Waals surface area contributed by atoms with Crippen LogP contribution in [0.5, 0.6) is 0 Å². The van der Waals surface area contributed by atoms with Gasteiger partial charge in [0.25, 0.3) is 11.5 Å². The zero-order chi connectivity index (χ0) is 32.5. The lowest BCUT2D eigenvalue weighted by Gasteiger charge is -2.42. The fourth-order valence-corrected chi connectivity index (χ4v) is 13.7. The van der Waals surface area contributed by atoms with Gasteiger partial charge in [0.1, 0.15) is 5.56 Å². The van der Waals surface area contributed by atoms with Crippen molar-refractivity contribution in [2.24, 2.45) is 5.92 Å². The van der Waals surface area contributed by atoms with Crippen molar-refractivity contribution in [1.82, 2.24) is 19.5 Å². The number of aromatic amines is 1. The molecule has 1 saturated carbocycles. The Bertz CT molecular complexity index is 1570. The second-order valence-electron chi connectivity index (χ2n) is 14.4. The van der Waals surface area contributed by atoms with Crippen molar-refractivity contribution in [2.45, 2.75) is 115 Å². The van der Waals surface area contributed by atoms with E-state index < -0.39 is 8.32 Å². The molecule has 242 valence electrons. The van der Waals surface area contributed by atoms with Gasteiger partial charge in [-0.3, -0.25) is 9.59 Å². The fourth-order valence-electron chi connectivity index (χ4n) is 8.20. The Labute approximate surface area is 269 Å². The number of nitrogens with one attached hydrogen (secondary N) is 1. The van der Waals surface area contributed by atoms with Gasteiger partial charge in [0.05, 0.1) is 23.4 Å². The summed E-state index contributed by atoms with van der Waals surface area (Å²) in [5.74, 6) is 0.00533. The molecule has 1 aliphatic heterocycles. The molecule has 45 heavy (non-hydrogen) atoms. The number of aromatic nitrogens is 3. The van der Waals surface area contributed by atoms with Crippen molar-refractivity contribution in [3.05, 3.63) is 57.5 Å². The van der Waals surface area contributed by atoms with Gasteiger partial charge in [-0.25, -0.2) is 0 Å². The number of amides is 1. The van der Waals surface area contributed by atoms with E-state index in [9.17, 15) is 14.9 Å². The van der Waals surface area contributed by atoms with Crippen molar-refractivity contribution in [3.8, 4) is 17.3 Å². The van der Waals surface area contributed by atoms with Gasteiger partial charge in [-0.05, 0) is 52.9 Å². The molecule has 0 radical (unpaired) electrons. The molecular weight excluding hydrogens is 579 g/mol. The van der Waals surface area contributed by atoms with E-state index >= 15 is 0 Å². The summed E-state index contributed by atoms with van der Waals surface area (Å²) >= 11 is 0. The molecule has 1 amide bonds. The molecule has 0 bridgehead atoms. The number of fused-ring (bicyclic) bond motifs is 1. The third-order valence-corrected chi connectivity index (χ3v) is 16.7. The molecule has 3 heterocycles. The predicted molar refractivity (Wildman–Crippen MR) is 182 cm³/mol. The molecule has 5 rings (SSSR count). The van der Waals surface area contributed by atoms with Crippen LogP contribution in [0.4, 0.5) is 0 Å². The van der Waals surface area contributed by atoms with Crippen LogP contribution in [0.25, 0.3) is 16.9 Å². The van der Waals surface area contributed by atoms with E-state index in [0.717, 1.165) is 5.56 Å². The number of likely N-dealkylation sites (tertiary alicyclic amines) is 1. The molecule has 3 aromatic rings. The minimum absolute atomic E-state index is 0.188. The van der Waals surface area contributed by atoms with E-state index in [2.05, 4.69) is 76.9 Å². The second kappa shape index (κ2) is 13.6. The van der Waals surface area contributed by atoms with Crippen LogP contribution in [-0.4, -0.2) is 53.4 Å². The van der Waals surface area contributed by atoms with Crippen molar-refractivity contribution >= 4 is 19.9 Å². The number of carbonyl (C=O) groups excluding carboxylic acids is 1. The number of hydrogen-bond acceptors (Lipinski definition) is 5. The summed E-state index contributed by atoms with van der Waals surface area (Å²) in [7, 11) is -2.16. The lowest BCUT2D eigenvalue weighted by atomic mass is 9.84. The molecule has 1 unspecified atom stereocenters. The van der Waals surface area contributed by atoms with Crippen LogP contribution in [0, 0.1) is 17.2 Å². The van der Waals surface area contributed by atoms with Gasteiger partial charge in [0, 0.05) is 31.7 Å². The number of carbonyl (C=O) groups is 1. The molecule has 1 aliphatic carbocycles. The van der Waals surface area contributed by atoms with Gasteiger partial charge in [-0.2, -0.15) is 14.9 Å². The summed E-state index contributed by atoms with van der Waals surface area (Å²) in [5, 5.41) is 14.3. The largest absolute Gasteiger partial charge is 0.415 e. The maximum absolute atomic E-state index is 14.2. The first kappa shape index (κ1) is 33.1. The summed E-state index contributed by atoms with van der Waals surface area (Å²) < 4.78 is 8.28. The normalized spacial score (nSPS) is 18.8. The minimum Gasteiger partial charge on any atom is -0.415 e. The summed E-state index contributed by atoms with van der Waals surface area (Å²) in [6.45, 7) is 16.9. The van der Waals surface area contributed by atoms with Gasteiger partial charge in [0.15, 0.2) is 14.0 Å². The predicted octanol–water partition coefficient (Wildman–Crippen LogP) is 8.02. The number of rotatable bonds is 10. The highest BCUT2D eigenvalue weighted by Crippen LogP contribution is 2.43. The lowest BCUT2D eigenvalue weighted by molar-refractivity contribution is 0.0789. The molecule has 2 aliphatic rings. The average molecular weight is 630 g/mol. The van der Waals surface area contributed by atoms with Crippen molar-refractivity contribution in [3.63, 3.8) is 0 Å². The Kier molecular flexibility index (Phi) is 10.0. The van der Waals surface area contributed by atoms with Crippen LogP contribution < -0.4 is 5.56 Å². The second-order valence-corrected chi connectivity index (χ2v) is 19.9. The van der Waals surface area contributed by atoms with E-state index in [1.807, 2.05) is 6.92 Å². The van der Waals surface area contributed by atoms with Crippen LogP contribution in [0.15, 0.2) is 35.1 Å². The monoisotopic (exact) mass is 629 g/mol. The van der Waals surface area contributed by atoms with Crippen molar-refractivity contribution in [1.29, 1.82) is 5.26 Å². The molecule has 8 nitrogen and oxygen atoms in total. The van der Waals surface area contributed by atoms with Crippen LogP contribution in [0.3, 0.4) is 0 Å². The van der Waals surface area contributed by atoms with Gasteiger partial charge >= 0.3 is 0 Å².